The van der Waals surface area contributed by atoms with E-state index in [-0.39, 0.29) is 36.4 Å². The summed E-state index contributed by atoms with van der Waals surface area (Å²) in [5, 5.41) is 15.7. The van der Waals surface area contributed by atoms with Gasteiger partial charge in [0.15, 0.2) is 0 Å². The number of carbonyl (C=O) groups is 2. The van der Waals surface area contributed by atoms with Gasteiger partial charge < -0.3 is 19.4 Å². The second-order valence-corrected chi connectivity index (χ2v) is 9.74. The normalized spacial score (nSPS) is 17.0. The molecule has 11 heteroatoms. The number of nitrogens with zero attached hydrogens (tertiary/aromatic N) is 3. The number of nitro benzene ring substituents is 1. The maximum atomic E-state index is 13.8. The topological polar surface area (TPSA) is 143 Å². The van der Waals surface area contributed by atoms with Crippen molar-refractivity contribution < 1.29 is 24.0 Å². The molecular formula is C29H24N4O7. The number of aromatic nitrogens is 2. The molecule has 0 saturated carbocycles. The molecule has 0 unspecified atom stereocenters. The Morgan fingerprint density at radius 1 is 1.18 bits per heavy atom. The smallest absolute Gasteiger partial charge is 0.355 e. The SMILES string of the molecule is CC[C@@]1(OC(C)=O)C(=O)OCc2c1cc1n(c2=O)Cc2c-1nc1cccc([N+](=O)[O-])c1c2NCc1ccccc1. The molecule has 0 fully saturated rings. The Morgan fingerprint density at radius 2 is 1.95 bits per heavy atom. The molecule has 2 aliphatic rings. The van der Waals surface area contributed by atoms with Gasteiger partial charge in [-0.25, -0.2) is 9.78 Å². The fourth-order valence-corrected chi connectivity index (χ4v) is 5.65. The molecule has 2 aromatic carbocycles. The molecule has 0 bridgehead atoms. The van der Waals surface area contributed by atoms with Crippen molar-refractivity contribution in [1.29, 1.82) is 0 Å². The number of anilines is 1. The second-order valence-electron chi connectivity index (χ2n) is 9.74. The molecule has 202 valence electrons. The van der Waals surface area contributed by atoms with Crippen LogP contribution >= 0.6 is 0 Å². The molecule has 2 aliphatic heterocycles. The van der Waals surface area contributed by atoms with E-state index >= 15 is 0 Å². The highest BCUT2D eigenvalue weighted by atomic mass is 16.6. The average Bonchev–Trinajstić information content (AvgIpc) is 3.31. The van der Waals surface area contributed by atoms with Gasteiger partial charge >= 0.3 is 11.9 Å². The number of nitro groups is 1. The average molecular weight is 541 g/mol. The molecule has 1 N–H and O–H groups in total. The van der Waals surface area contributed by atoms with Crippen molar-refractivity contribution in [3.63, 3.8) is 0 Å². The molecule has 0 spiro atoms. The molecule has 0 aliphatic carbocycles. The number of fused-ring (bicyclic) bond motifs is 5. The highest BCUT2D eigenvalue weighted by molar-refractivity contribution is 6.03. The van der Waals surface area contributed by atoms with E-state index in [9.17, 15) is 24.5 Å². The zero-order valence-electron chi connectivity index (χ0n) is 21.7. The lowest BCUT2D eigenvalue weighted by Crippen LogP contribution is -2.47. The Hall–Kier alpha value is -5.06. The monoisotopic (exact) mass is 540 g/mol. The van der Waals surface area contributed by atoms with Crippen LogP contribution in [-0.4, -0.2) is 26.4 Å². The number of esters is 2. The van der Waals surface area contributed by atoms with Crippen molar-refractivity contribution in [2.45, 2.75) is 45.6 Å². The molecule has 0 amide bonds. The first kappa shape index (κ1) is 25.2. The second kappa shape index (κ2) is 9.30. The van der Waals surface area contributed by atoms with E-state index in [1.165, 1.54) is 17.6 Å². The third-order valence-corrected chi connectivity index (χ3v) is 7.49. The van der Waals surface area contributed by atoms with Crippen molar-refractivity contribution in [3.8, 4) is 11.4 Å². The predicted octanol–water partition coefficient (Wildman–Crippen LogP) is 4.17. The van der Waals surface area contributed by atoms with Crippen LogP contribution in [0.2, 0.25) is 0 Å². The lowest BCUT2D eigenvalue weighted by atomic mass is 9.85. The molecule has 2 aromatic heterocycles. The minimum atomic E-state index is -1.76. The molecule has 0 radical (unpaired) electrons. The predicted molar refractivity (Wildman–Crippen MR) is 144 cm³/mol. The highest BCUT2D eigenvalue weighted by Crippen LogP contribution is 2.44. The summed E-state index contributed by atoms with van der Waals surface area (Å²) in [6.45, 7) is 3.10. The minimum Gasteiger partial charge on any atom is -0.457 e. The number of pyridine rings is 2. The Labute approximate surface area is 227 Å². The largest absolute Gasteiger partial charge is 0.457 e. The van der Waals surface area contributed by atoms with E-state index in [1.807, 2.05) is 30.3 Å². The number of ether oxygens (including phenoxy) is 2. The van der Waals surface area contributed by atoms with Gasteiger partial charge in [0, 0.05) is 30.7 Å². The van der Waals surface area contributed by atoms with Crippen LogP contribution in [0.4, 0.5) is 11.4 Å². The summed E-state index contributed by atoms with van der Waals surface area (Å²) < 4.78 is 12.4. The molecule has 4 heterocycles. The van der Waals surface area contributed by atoms with Gasteiger partial charge in [-0.2, -0.15) is 0 Å². The van der Waals surface area contributed by atoms with Gasteiger partial charge in [-0.1, -0.05) is 43.3 Å². The molecule has 1 atom stereocenters. The van der Waals surface area contributed by atoms with Gasteiger partial charge in [0.2, 0.25) is 5.60 Å². The first-order chi connectivity index (χ1) is 19.2. The first-order valence-corrected chi connectivity index (χ1v) is 12.8. The van der Waals surface area contributed by atoms with Gasteiger partial charge in [0.1, 0.15) is 12.0 Å². The lowest BCUT2D eigenvalue weighted by molar-refractivity contribution is -0.383. The fraction of sp³-hybridized carbons (Fsp3) is 0.241. The van der Waals surface area contributed by atoms with Crippen LogP contribution in [0.25, 0.3) is 22.3 Å². The number of nitrogens with one attached hydrogen (secondary N) is 1. The molecule has 6 rings (SSSR count). The van der Waals surface area contributed by atoms with Gasteiger partial charge in [0.05, 0.1) is 39.6 Å². The Morgan fingerprint density at radius 3 is 2.65 bits per heavy atom. The molecular weight excluding hydrogens is 516 g/mol. The summed E-state index contributed by atoms with van der Waals surface area (Å²) >= 11 is 0. The van der Waals surface area contributed by atoms with Crippen molar-refractivity contribution in [2.75, 3.05) is 5.32 Å². The van der Waals surface area contributed by atoms with Gasteiger partial charge in [0.25, 0.3) is 11.2 Å². The van der Waals surface area contributed by atoms with Crippen molar-refractivity contribution >= 4 is 34.2 Å². The third-order valence-electron chi connectivity index (χ3n) is 7.49. The van der Waals surface area contributed by atoms with Crippen LogP contribution in [0.15, 0.2) is 59.4 Å². The maximum absolute atomic E-state index is 13.8. The summed E-state index contributed by atoms with van der Waals surface area (Å²) in [4.78, 5) is 55.1. The van der Waals surface area contributed by atoms with E-state index in [1.54, 1.807) is 25.1 Å². The van der Waals surface area contributed by atoms with Crippen LogP contribution in [0.1, 0.15) is 42.5 Å². The highest BCUT2D eigenvalue weighted by Gasteiger charge is 2.50. The maximum Gasteiger partial charge on any atom is 0.355 e. The molecule has 4 aromatic rings. The quantitative estimate of drug-likeness (QED) is 0.191. The van der Waals surface area contributed by atoms with E-state index in [0.717, 1.165) is 5.56 Å². The van der Waals surface area contributed by atoms with Crippen LogP contribution in [0, 0.1) is 10.1 Å². The van der Waals surface area contributed by atoms with Crippen molar-refractivity contribution in [3.05, 3.63) is 97.3 Å². The summed E-state index contributed by atoms with van der Waals surface area (Å²) in [6, 6.07) is 15.9. The summed E-state index contributed by atoms with van der Waals surface area (Å²) in [5.41, 5.74) is 1.55. The van der Waals surface area contributed by atoms with Crippen molar-refractivity contribution in [2.24, 2.45) is 0 Å². The Bertz CT molecular complexity index is 1800. The fourth-order valence-electron chi connectivity index (χ4n) is 5.65. The number of hydrogen-bond donors (Lipinski definition) is 1. The van der Waals surface area contributed by atoms with Crippen LogP contribution in [-0.2, 0) is 44.4 Å². The van der Waals surface area contributed by atoms with Crippen LogP contribution < -0.4 is 10.9 Å². The number of non-ortho nitro benzene ring substituents is 1. The van der Waals surface area contributed by atoms with E-state index in [2.05, 4.69) is 5.32 Å². The number of benzene rings is 2. The Balaban J connectivity index is 1.60. The standard InChI is InChI=1S/C29H24N4O7/c1-3-29(40-16(2)34)20-12-23-25-18(14-32(23)27(35)19(20)15-39-28(29)36)26(30-13-17-8-5-4-6-9-17)24-21(31-25)10-7-11-22(24)33(37)38/h4-12H,3,13-15H2,1-2H3,(H,30,31)/t29-/m0/s1. The molecule has 11 nitrogen and oxygen atoms in total. The van der Waals surface area contributed by atoms with Gasteiger partial charge in [-0.05, 0) is 24.1 Å². The lowest BCUT2D eigenvalue weighted by Gasteiger charge is -2.35. The zero-order chi connectivity index (χ0) is 28.2. The number of rotatable bonds is 6. The van der Waals surface area contributed by atoms with E-state index in [0.29, 0.717) is 40.1 Å². The van der Waals surface area contributed by atoms with Crippen molar-refractivity contribution in [1.82, 2.24) is 9.55 Å². The van der Waals surface area contributed by atoms with E-state index < -0.39 is 28.0 Å². The minimum absolute atomic E-state index is 0.0649. The van der Waals surface area contributed by atoms with E-state index in [4.69, 9.17) is 14.5 Å². The third kappa shape index (κ3) is 3.73. The Kier molecular flexibility index (Phi) is 5.86. The van der Waals surface area contributed by atoms with Crippen LogP contribution in [0.3, 0.4) is 0 Å². The molecule has 0 saturated heterocycles. The zero-order valence-corrected chi connectivity index (χ0v) is 21.7. The van der Waals surface area contributed by atoms with Gasteiger partial charge in [-0.15, -0.1) is 0 Å². The first-order valence-electron chi connectivity index (χ1n) is 12.8. The number of hydrogen-bond acceptors (Lipinski definition) is 9. The number of carbonyl (C=O) groups excluding carboxylic acids is 2. The summed E-state index contributed by atoms with van der Waals surface area (Å²) in [5.74, 6) is -1.43. The summed E-state index contributed by atoms with van der Waals surface area (Å²) in [6.07, 6.45) is 0.0649. The molecule has 40 heavy (non-hydrogen) atoms. The van der Waals surface area contributed by atoms with Crippen LogP contribution in [0.5, 0.6) is 0 Å². The van der Waals surface area contributed by atoms with Gasteiger partial charge in [-0.3, -0.25) is 19.7 Å². The number of cyclic esters (lactones) is 1. The summed E-state index contributed by atoms with van der Waals surface area (Å²) in [7, 11) is 0.